The quantitative estimate of drug-likeness (QED) is 0.535. The summed E-state index contributed by atoms with van der Waals surface area (Å²) in [7, 11) is -2.25. The molecule has 1 aliphatic heterocycles. The number of hydrogen-bond donors (Lipinski definition) is 0. The van der Waals surface area contributed by atoms with Gasteiger partial charge in [0.25, 0.3) is 14.2 Å². The van der Waals surface area contributed by atoms with E-state index in [1.807, 2.05) is 55.1 Å². The summed E-state index contributed by atoms with van der Waals surface area (Å²) < 4.78 is 18.3. The topological polar surface area (TPSA) is 48.0 Å². The summed E-state index contributed by atoms with van der Waals surface area (Å²) in [5, 5.41) is -0.0301. The van der Waals surface area contributed by atoms with Gasteiger partial charge in [0.2, 0.25) is 12.5 Å². The van der Waals surface area contributed by atoms with Gasteiger partial charge in [-0.1, -0.05) is 51.1 Å². The van der Waals surface area contributed by atoms with E-state index in [4.69, 9.17) is 13.9 Å². The Balaban J connectivity index is 2.31. The van der Waals surface area contributed by atoms with Gasteiger partial charge in [-0.15, -0.1) is 0 Å². The second kappa shape index (κ2) is 8.34. The van der Waals surface area contributed by atoms with Gasteiger partial charge in [0.15, 0.2) is 11.5 Å². The molecule has 0 fully saturated rings. The van der Waals surface area contributed by atoms with E-state index >= 15 is 0 Å². The van der Waals surface area contributed by atoms with Crippen LogP contribution in [-0.4, -0.2) is 39.0 Å². The summed E-state index contributed by atoms with van der Waals surface area (Å²) in [6.45, 7) is 16.3. The molecule has 0 N–H and O–H groups in total. The van der Waals surface area contributed by atoms with Crippen LogP contribution in [0.5, 0.6) is 17.2 Å². The molecule has 162 valence electrons. The Morgan fingerprint density at radius 2 is 1.73 bits per heavy atom. The van der Waals surface area contributed by atoms with E-state index in [2.05, 4.69) is 33.9 Å². The van der Waals surface area contributed by atoms with Gasteiger partial charge in [0.05, 0.1) is 5.56 Å². The van der Waals surface area contributed by atoms with Crippen LogP contribution in [-0.2, 0) is 0 Å². The molecule has 5 nitrogen and oxygen atoms in total. The average Bonchev–Trinajstić information content (AvgIpc) is 3.17. The number of carbonyl (C=O) groups excluding carboxylic acids is 1. The lowest BCUT2D eigenvalue weighted by Crippen LogP contribution is -2.44. The van der Waals surface area contributed by atoms with Crippen molar-refractivity contribution < 1.29 is 18.7 Å². The summed E-state index contributed by atoms with van der Waals surface area (Å²) >= 11 is 0. The van der Waals surface area contributed by atoms with Crippen LogP contribution in [0, 0.1) is 0 Å². The van der Waals surface area contributed by atoms with Crippen LogP contribution < -0.4 is 13.9 Å². The Morgan fingerprint density at radius 1 is 1.10 bits per heavy atom. The minimum absolute atomic E-state index is 0.0301. The lowest BCUT2D eigenvalue weighted by atomic mass is 9.96. The van der Waals surface area contributed by atoms with Gasteiger partial charge in [0, 0.05) is 18.7 Å². The molecule has 1 amide bonds. The predicted molar refractivity (Wildman–Crippen MR) is 123 cm³/mol. The van der Waals surface area contributed by atoms with E-state index in [0.29, 0.717) is 35.9 Å². The number of ether oxygens (including phenoxy) is 2. The number of rotatable bonds is 6. The third-order valence-corrected chi connectivity index (χ3v) is 10.5. The number of carbonyl (C=O) groups is 1. The highest BCUT2D eigenvalue weighted by Crippen LogP contribution is 2.51. The summed E-state index contributed by atoms with van der Waals surface area (Å²) in [6, 6.07) is 11.8. The summed E-state index contributed by atoms with van der Waals surface area (Å²) in [6.07, 6.45) is 0. The molecule has 1 heterocycles. The van der Waals surface area contributed by atoms with Crippen LogP contribution in [0.2, 0.25) is 18.1 Å². The molecular formula is C24H33NO4Si. The van der Waals surface area contributed by atoms with Crippen molar-refractivity contribution in [2.24, 2.45) is 0 Å². The Hall–Kier alpha value is -2.47. The van der Waals surface area contributed by atoms with Crippen LogP contribution in [0.25, 0.3) is 11.1 Å². The van der Waals surface area contributed by atoms with Crippen molar-refractivity contribution in [3.05, 3.63) is 42.0 Å². The van der Waals surface area contributed by atoms with Crippen LogP contribution in [0.3, 0.4) is 0 Å². The van der Waals surface area contributed by atoms with E-state index < -0.39 is 8.32 Å². The summed E-state index contributed by atoms with van der Waals surface area (Å²) in [5.74, 6) is 1.63. The van der Waals surface area contributed by atoms with Gasteiger partial charge in [-0.2, -0.15) is 0 Å². The SMILES string of the molecule is CCN(CC)C(=O)c1c(-c2ccccc2)cc2c(c1O[Si](C)(C)C(C)(C)C)OCO2. The first kappa shape index (κ1) is 22.2. The number of hydrogen-bond acceptors (Lipinski definition) is 4. The average molecular weight is 428 g/mol. The molecule has 3 rings (SSSR count). The Kier molecular flexibility index (Phi) is 6.18. The van der Waals surface area contributed by atoms with Crippen molar-refractivity contribution in [1.82, 2.24) is 4.90 Å². The van der Waals surface area contributed by atoms with Crippen molar-refractivity contribution in [3.63, 3.8) is 0 Å². The lowest BCUT2D eigenvalue weighted by Gasteiger charge is -2.37. The number of nitrogens with zero attached hydrogens (tertiary/aromatic N) is 1. The molecule has 2 aromatic rings. The molecule has 30 heavy (non-hydrogen) atoms. The molecule has 0 bridgehead atoms. The second-order valence-electron chi connectivity index (χ2n) is 9.07. The zero-order valence-electron chi connectivity index (χ0n) is 19.2. The first-order valence-electron chi connectivity index (χ1n) is 10.6. The number of fused-ring (bicyclic) bond motifs is 1. The highest BCUT2D eigenvalue weighted by molar-refractivity contribution is 6.74. The standard InChI is InChI=1S/C24H33NO4Si/c1-8-25(9-2)23(26)20-18(17-13-11-10-12-14-17)15-19-21(28-16-27-19)22(20)29-30(6,7)24(3,4)5/h10-15H,8-9,16H2,1-7H3. The maximum Gasteiger partial charge on any atom is 0.258 e. The summed E-state index contributed by atoms with van der Waals surface area (Å²) in [5.41, 5.74) is 2.32. The van der Waals surface area contributed by atoms with Crippen LogP contribution >= 0.6 is 0 Å². The third kappa shape index (κ3) is 4.06. The first-order chi connectivity index (χ1) is 14.1. The van der Waals surface area contributed by atoms with Crippen molar-refractivity contribution in [1.29, 1.82) is 0 Å². The predicted octanol–water partition coefficient (Wildman–Crippen LogP) is 5.95. The van der Waals surface area contributed by atoms with Crippen LogP contribution in [0.4, 0.5) is 0 Å². The smallest absolute Gasteiger partial charge is 0.258 e. The first-order valence-corrected chi connectivity index (χ1v) is 13.5. The minimum Gasteiger partial charge on any atom is -0.540 e. The summed E-state index contributed by atoms with van der Waals surface area (Å²) in [4.78, 5) is 15.5. The van der Waals surface area contributed by atoms with Crippen LogP contribution in [0.15, 0.2) is 36.4 Å². The zero-order chi connectivity index (χ0) is 22.1. The molecule has 0 radical (unpaired) electrons. The van der Waals surface area contributed by atoms with Crippen molar-refractivity contribution in [3.8, 4) is 28.4 Å². The molecule has 6 heteroatoms. The van der Waals surface area contributed by atoms with Crippen LogP contribution in [0.1, 0.15) is 45.0 Å². The molecular weight excluding hydrogens is 394 g/mol. The molecule has 0 atom stereocenters. The van der Waals surface area contributed by atoms with E-state index in [0.717, 1.165) is 11.1 Å². The van der Waals surface area contributed by atoms with E-state index in [9.17, 15) is 4.79 Å². The number of benzene rings is 2. The molecule has 0 aromatic heterocycles. The Morgan fingerprint density at radius 3 is 2.30 bits per heavy atom. The van der Waals surface area contributed by atoms with Gasteiger partial charge >= 0.3 is 0 Å². The maximum absolute atomic E-state index is 13.7. The molecule has 0 saturated carbocycles. The van der Waals surface area contributed by atoms with Gasteiger partial charge in [0.1, 0.15) is 0 Å². The molecule has 0 unspecified atom stereocenters. The van der Waals surface area contributed by atoms with Crippen molar-refractivity contribution >= 4 is 14.2 Å². The van der Waals surface area contributed by atoms with E-state index in [-0.39, 0.29) is 17.7 Å². The second-order valence-corrected chi connectivity index (χ2v) is 13.8. The fraction of sp³-hybridized carbons (Fsp3) is 0.458. The van der Waals surface area contributed by atoms with Gasteiger partial charge in [-0.05, 0) is 43.6 Å². The van der Waals surface area contributed by atoms with Crippen molar-refractivity contribution in [2.45, 2.75) is 52.8 Å². The van der Waals surface area contributed by atoms with Gasteiger partial charge in [-0.3, -0.25) is 4.79 Å². The number of amides is 1. The van der Waals surface area contributed by atoms with E-state index in [1.165, 1.54) is 0 Å². The van der Waals surface area contributed by atoms with E-state index in [1.54, 1.807) is 0 Å². The minimum atomic E-state index is -2.25. The van der Waals surface area contributed by atoms with Gasteiger partial charge in [-0.25, -0.2) is 0 Å². The molecule has 1 aliphatic rings. The zero-order valence-corrected chi connectivity index (χ0v) is 20.2. The third-order valence-electron chi connectivity index (χ3n) is 6.13. The fourth-order valence-corrected chi connectivity index (χ4v) is 4.26. The molecule has 2 aromatic carbocycles. The van der Waals surface area contributed by atoms with Gasteiger partial charge < -0.3 is 18.8 Å². The highest BCUT2D eigenvalue weighted by Gasteiger charge is 2.42. The largest absolute Gasteiger partial charge is 0.540 e. The maximum atomic E-state index is 13.7. The highest BCUT2D eigenvalue weighted by atomic mass is 28.4. The fourth-order valence-electron chi connectivity index (χ4n) is 3.24. The Labute approximate surface area is 181 Å². The molecule has 0 saturated heterocycles. The lowest BCUT2D eigenvalue weighted by molar-refractivity contribution is 0.0771. The van der Waals surface area contributed by atoms with Crippen molar-refractivity contribution in [2.75, 3.05) is 19.9 Å². The monoisotopic (exact) mass is 427 g/mol. The molecule has 0 spiro atoms. The normalized spacial score (nSPS) is 13.3. The molecule has 0 aliphatic carbocycles. The Bertz CT molecular complexity index is 915.